The molecule has 2 aromatic rings. The molecule has 1 aromatic heterocycles. The fourth-order valence-electron chi connectivity index (χ4n) is 1.86. The van der Waals surface area contributed by atoms with E-state index >= 15 is 0 Å². The lowest BCUT2D eigenvalue weighted by Crippen LogP contribution is -2.43. The van der Waals surface area contributed by atoms with Crippen molar-refractivity contribution in [3.8, 4) is 5.75 Å². The molecule has 2 atom stereocenters. The van der Waals surface area contributed by atoms with Crippen molar-refractivity contribution in [3.05, 3.63) is 36.0 Å². The Kier molecular flexibility index (Phi) is 7.59. The summed E-state index contributed by atoms with van der Waals surface area (Å²) in [7, 11) is 0. The molecule has 0 aliphatic carbocycles. The number of carbonyl (C=O) groups excluding carboxylic acids is 2. The van der Waals surface area contributed by atoms with E-state index in [4.69, 9.17) is 9.15 Å². The molecular weight excluding hydrogens is 375 g/mol. The van der Waals surface area contributed by atoms with Gasteiger partial charge in [-0.1, -0.05) is 18.7 Å². The number of amides is 3. The van der Waals surface area contributed by atoms with E-state index in [0.29, 0.717) is 5.75 Å². The zero-order valence-electron chi connectivity index (χ0n) is 15.2. The number of thioether (sulfide) groups is 1. The first-order valence-electron chi connectivity index (χ1n) is 8.36. The van der Waals surface area contributed by atoms with Gasteiger partial charge < -0.3 is 14.5 Å². The molecule has 0 fully saturated rings. The monoisotopic (exact) mass is 396 g/mol. The standard InChI is InChI=1S/C17H21FN4O4S/c1-4-10(2)19-16(24)20-14(23)9-27-17-22-21-15(26-17)11(3)25-13-7-5-12(18)6-8-13/h5-8,10-11H,4,9H2,1-3H3,(H2,19,20,23,24)/t10-,11+/m0/s1. The first-order valence-corrected chi connectivity index (χ1v) is 9.34. The number of aromatic nitrogens is 2. The summed E-state index contributed by atoms with van der Waals surface area (Å²) in [6.45, 7) is 5.47. The van der Waals surface area contributed by atoms with Crippen LogP contribution >= 0.6 is 11.8 Å². The molecule has 2 rings (SSSR count). The van der Waals surface area contributed by atoms with Crippen molar-refractivity contribution >= 4 is 23.7 Å². The van der Waals surface area contributed by atoms with Crippen LogP contribution < -0.4 is 15.4 Å². The van der Waals surface area contributed by atoms with Gasteiger partial charge in [0.15, 0.2) is 6.10 Å². The van der Waals surface area contributed by atoms with Gasteiger partial charge in [0.1, 0.15) is 11.6 Å². The van der Waals surface area contributed by atoms with Gasteiger partial charge in [0.05, 0.1) is 5.75 Å². The second-order valence-electron chi connectivity index (χ2n) is 5.74. The molecule has 1 aromatic carbocycles. The van der Waals surface area contributed by atoms with Gasteiger partial charge in [-0.15, -0.1) is 10.2 Å². The summed E-state index contributed by atoms with van der Waals surface area (Å²) in [6.07, 6.45) is 0.215. The molecule has 0 spiro atoms. The summed E-state index contributed by atoms with van der Waals surface area (Å²) >= 11 is 1.00. The third-order valence-electron chi connectivity index (χ3n) is 3.47. The minimum Gasteiger partial charge on any atom is -0.481 e. The van der Waals surface area contributed by atoms with Crippen molar-refractivity contribution in [1.82, 2.24) is 20.8 Å². The molecule has 0 aliphatic rings. The molecule has 0 saturated carbocycles. The fourth-order valence-corrected chi connectivity index (χ4v) is 2.43. The Hall–Kier alpha value is -2.62. The van der Waals surface area contributed by atoms with E-state index in [9.17, 15) is 14.0 Å². The first kappa shape index (κ1) is 20.7. The predicted molar refractivity (Wildman–Crippen MR) is 96.9 cm³/mol. The third kappa shape index (κ3) is 6.89. The molecule has 0 bridgehead atoms. The molecular formula is C17H21FN4O4S. The lowest BCUT2D eigenvalue weighted by molar-refractivity contribution is -0.117. The number of halogens is 1. The molecule has 27 heavy (non-hydrogen) atoms. The SMILES string of the molecule is CC[C@H](C)NC(=O)NC(=O)CSc1nnc([C@@H](C)Oc2ccc(F)cc2)o1. The van der Waals surface area contributed by atoms with Crippen LogP contribution in [0.5, 0.6) is 5.75 Å². The van der Waals surface area contributed by atoms with Crippen LogP contribution in [0.2, 0.25) is 0 Å². The number of imide groups is 1. The lowest BCUT2D eigenvalue weighted by atomic mass is 10.3. The quantitative estimate of drug-likeness (QED) is 0.661. The van der Waals surface area contributed by atoms with Crippen LogP contribution in [0.25, 0.3) is 0 Å². The highest BCUT2D eigenvalue weighted by Crippen LogP contribution is 2.24. The van der Waals surface area contributed by atoms with Crippen molar-refractivity contribution in [1.29, 1.82) is 0 Å². The van der Waals surface area contributed by atoms with Crippen molar-refractivity contribution in [2.45, 2.75) is 44.6 Å². The molecule has 0 aliphatic heterocycles. The summed E-state index contributed by atoms with van der Waals surface area (Å²) in [5.41, 5.74) is 0. The smallest absolute Gasteiger partial charge is 0.321 e. The van der Waals surface area contributed by atoms with E-state index < -0.39 is 18.0 Å². The summed E-state index contributed by atoms with van der Waals surface area (Å²) in [4.78, 5) is 23.3. The number of nitrogens with one attached hydrogen (secondary N) is 2. The largest absolute Gasteiger partial charge is 0.481 e. The number of rotatable bonds is 8. The van der Waals surface area contributed by atoms with Crippen LogP contribution in [0.15, 0.2) is 33.9 Å². The minimum atomic E-state index is -0.549. The van der Waals surface area contributed by atoms with Crippen LogP contribution in [-0.2, 0) is 4.79 Å². The molecule has 146 valence electrons. The van der Waals surface area contributed by atoms with Crippen LogP contribution in [0, 0.1) is 5.82 Å². The molecule has 10 heteroatoms. The van der Waals surface area contributed by atoms with Gasteiger partial charge in [0.2, 0.25) is 5.91 Å². The fraction of sp³-hybridized carbons (Fsp3) is 0.412. The Morgan fingerprint density at radius 2 is 1.96 bits per heavy atom. The Labute approximate surface area is 160 Å². The van der Waals surface area contributed by atoms with Gasteiger partial charge in [-0.3, -0.25) is 10.1 Å². The van der Waals surface area contributed by atoms with Gasteiger partial charge in [0, 0.05) is 6.04 Å². The van der Waals surface area contributed by atoms with Gasteiger partial charge in [-0.2, -0.15) is 0 Å². The van der Waals surface area contributed by atoms with Crippen molar-refractivity contribution in [2.24, 2.45) is 0 Å². The normalized spacial score (nSPS) is 12.9. The predicted octanol–water partition coefficient (Wildman–Crippen LogP) is 3.07. The highest BCUT2D eigenvalue weighted by Gasteiger charge is 2.17. The second kappa shape index (κ2) is 9.91. The number of nitrogens with zero attached hydrogens (tertiary/aromatic N) is 2. The van der Waals surface area contributed by atoms with Gasteiger partial charge in [0.25, 0.3) is 11.1 Å². The molecule has 8 nitrogen and oxygen atoms in total. The summed E-state index contributed by atoms with van der Waals surface area (Å²) in [5.74, 6) is -0.207. The maximum absolute atomic E-state index is 12.9. The number of benzene rings is 1. The Morgan fingerprint density at radius 3 is 2.63 bits per heavy atom. The Morgan fingerprint density at radius 1 is 1.26 bits per heavy atom. The summed E-state index contributed by atoms with van der Waals surface area (Å²) in [6, 6.07) is 4.99. The maximum atomic E-state index is 12.9. The molecule has 0 saturated heterocycles. The van der Waals surface area contributed by atoms with Crippen LogP contribution in [-0.4, -0.2) is 33.9 Å². The van der Waals surface area contributed by atoms with Crippen LogP contribution in [0.3, 0.4) is 0 Å². The molecule has 2 N–H and O–H groups in total. The zero-order valence-corrected chi connectivity index (χ0v) is 16.0. The summed E-state index contributed by atoms with van der Waals surface area (Å²) < 4.78 is 23.9. The average Bonchev–Trinajstić information content (AvgIpc) is 3.11. The third-order valence-corrected chi connectivity index (χ3v) is 4.28. The van der Waals surface area contributed by atoms with Gasteiger partial charge in [-0.25, -0.2) is 9.18 Å². The van der Waals surface area contributed by atoms with E-state index in [0.717, 1.165) is 18.2 Å². The van der Waals surface area contributed by atoms with E-state index in [2.05, 4.69) is 20.8 Å². The lowest BCUT2D eigenvalue weighted by Gasteiger charge is -2.11. The zero-order chi connectivity index (χ0) is 19.8. The highest BCUT2D eigenvalue weighted by atomic mass is 32.2. The molecule has 1 heterocycles. The molecule has 3 amide bonds. The van der Waals surface area contributed by atoms with E-state index in [1.165, 1.54) is 24.3 Å². The van der Waals surface area contributed by atoms with Crippen LogP contribution in [0.4, 0.5) is 9.18 Å². The highest BCUT2D eigenvalue weighted by molar-refractivity contribution is 7.99. The number of ether oxygens (including phenoxy) is 1. The van der Waals surface area contributed by atoms with E-state index in [-0.39, 0.29) is 28.7 Å². The van der Waals surface area contributed by atoms with E-state index in [1.807, 2.05) is 13.8 Å². The van der Waals surface area contributed by atoms with E-state index in [1.54, 1.807) is 6.92 Å². The maximum Gasteiger partial charge on any atom is 0.321 e. The molecule has 0 unspecified atom stereocenters. The Bertz CT molecular complexity index is 769. The first-order chi connectivity index (χ1) is 12.9. The Balaban J connectivity index is 1.80. The van der Waals surface area contributed by atoms with Crippen LogP contribution in [0.1, 0.15) is 39.2 Å². The number of hydrogen-bond acceptors (Lipinski definition) is 7. The second-order valence-corrected chi connectivity index (χ2v) is 6.67. The van der Waals surface area contributed by atoms with Crippen molar-refractivity contribution in [3.63, 3.8) is 0 Å². The minimum absolute atomic E-state index is 0.0217. The number of hydrogen-bond donors (Lipinski definition) is 2. The summed E-state index contributed by atoms with van der Waals surface area (Å²) in [5, 5.41) is 12.7. The number of urea groups is 1. The average molecular weight is 396 g/mol. The topological polar surface area (TPSA) is 106 Å². The van der Waals surface area contributed by atoms with Gasteiger partial charge in [-0.05, 0) is 44.5 Å². The number of carbonyl (C=O) groups is 2. The molecule has 0 radical (unpaired) electrons. The van der Waals surface area contributed by atoms with Crippen molar-refractivity contribution < 1.29 is 23.1 Å². The van der Waals surface area contributed by atoms with Gasteiger partial charge >= 0.3 is 6.03 Å². The van der Waals surface area contributed by atoms with Crippen molar-refractivity contribution in [2.75, 3.05) is 5.75 Å².